The van der Waals surface area contributed by atoms with Crippen molar-refractivity contribution in [2.45, 2.75) is 13.3 Å². The van der Waals surface area contributed by atoms with Gasteiger partial charge in [-0.3, -0.25) is 0 Å². The van der Waals surface area contributed by atoms with Crippen molar-refractivity contribution in [2.75, 3.05) is 11.9 Å². The van der Waals surface area contributed by atoms with Gasteiger partial charge in [-0.1, -0.05) is 24.3 Å². The van der Waals surface area contributed by atoms with Gasteiger partial charge in [-0.25, -0.2) is 0 Å². The molecule has 0 fully saturated rings. The molecule has 3 rings (SSSR count). The first-order chi connectivity index (χ1) is 10.7. The summed E-state index contributed by atoms with van der Waals surface area (Å²) in [4.78, 5) is 3.21. The molecule has 0 unspecified atom stereocenters. The zero-order valence-corrected chi connectivity index (χ0v) is 13.3. The molecule has 3 nitrogen and oxygen atoms in total. The van der Waals surface area contributed by atoms with E-state index >= 15 is 0 Å². The van der Waals surface area contributed by atoms with Gasteiger partial charge in [0.05, 0.1) is 0 Å². The van der Waals surface area contributed by atoms with Gasteiger partial charge in [0.1, 0.15) is 0 Å². The summed E-state index contributed by atoms with van der Waals surface area (Å²) in [5, 5.41) is 8.41. The second-order valence-electron chi connectivity index (χ2n) is 5.35. The Morgan fingerprint density at radius 3 is 2.86 bits per heavy atom. The SMILES string of the molecule is Cc1ccccc1NC(=S)NCCc1ccc2[nH]ccc2c1. The van der Waals surface area contributed by atoms with Gasteiger partial charge in [0.25, 0.3) is 0 Å². The maximum Gasteiger partial charge on any atom is 0.170 e. The van der Waals surface area contributed by atoms with Crippen molar-refractivity contribution in [3.63, 3.8) is 0 Å². The van der Waals surface area contributed by atoms with E-state index < -0.39 is 0 Å². The fraction of sp³-hybridized carbons (Fsp3) is 0.167. The molecule has 0 saturated carbocycles. The summed E-state index contributed by atoms with van der Waals surface area (Å²) in [6, 6.07) is 16.7. The van der Waals surface area contributed by atoms with E-state index in [1.807, 2.05) is 24.4 Å². The summed E-state index contributed by atoms with van der Waals surface area (Å²) < 4.78 is 0. The van der Waals surface area contributed by atoms with Crippen LogP contribution in [0.5, 0.6) is 0 Å². The number of thiocarbonyl (C=S) groups is 1. The minimum Gasteiger partial charge on any atom is -0.362 e. The molecule has 4 heteroatoms. The monoisotopic (exact) mass is 309 g/mol. The van der Waals surface area contributed by atoms with Crippen LogP contribution in [0.2, 0.25) is 0 Å². The highest BCUT2D eigenvalue weighted by Gasteiger charge is 2.01. The molecule has 0 aliphatic heterocycles. The van der Waals surface area contributed by atoms with E-state index in [-0.39, 0.29) is 0 Å². The highest BCUT2D eigenvalue weighted by Crippen LogP contribution is 2.15. The van der Waals surface area contributed by atoms with E-state index in [0.29, 0.717) is 5.11 Å². The summed E-state index contributed by atoms with van der Waals surface area (Å²) in [5.41, 5.74) is 4.71. The zero-order valence-electron chi connectivity index (χ0n) is 12.5. The molecule has 0 spiro atoms. The Labute approximate surface area is 135 Å². The largest absolute Gasteiger partial charge is 0.362 e. The maximum absolute atomic E-state index is 5.35. The quantitative estimate of drug-likeness (QED) is 0.638. The fourth-order valence-corrected chi connectivity index (χ4v) is 2.67. The molecule has 3 aromatic rings. The molecule has 1 aromatic heterocycles. The number of aryl methyl sites for hydroxylation is 1. The van der Waals surface area contributed by atoms with Gasteiger partial charge in [-0.2, -0.15) is 0 Å². The zero-order chi connectivity index (χ0) is 15.4. The number of aromatic nitrogens is 1. The second kappa shape index (κ2) is 6.62. The third-order valence-corrected chi connectivity index (χ3v) is 3.96. The number of aromatic amines is 1. The van der Waals surface area contributed by atoms with Crippen LogP contribution in [0, 0.1) is 6.92 Å². The van der Waals surface area contributed by atoms with E-state index in [4.69, 9.17) is 12.2 Å². The van der Waals surface area contributed by atoms with Gasteiger partial charge in [0.15, 0.2) is 5.11 Å². The van der Waals surface area contributed by atoms with Crippen LogP contribution in [-0.4, -0.2) is 16.6 Å². The molecule has 3 N–H and O–H groups in total. The first-order valence-corrected chi connectivity index (χ1v) is 7.80. The molecule has 0 aliphatic carbocycles. The molecule has 0 aliphatic rings. The highest BCUT2D eigenvalue weighted by molar-refractivity contribution is 7.80. The van der Waals surface area contributed by atoms with Crippen LogP contribution in [0.3, 0.4) is 0 Å². The van der Waals surface area contributed by atoms with Gasteiger partial charge in [0.2, 0.25) is 0 Å². The molecular weight excluding hydrogens is 290 g/mol. The molecule has 0 bridgehead atoms. The topological polar surface area (TPSA) is 39.8 Å². The predicted octanol–water partition coefficient (Wildman–Crippen LogP) is 4.01. The van der Waals surface area contributed by atoms with Crippen LogP contribution in [0.4, 0.5) is 5.69 Å². The maximum atomic E-state index is 5.35. The van der Waals surface area contributed by atoms with Crippen LogP contribution >= 0.6 is 12.2 Å². The second-order valence-corrected chi connectivity index (χ2v) is 5.75. The highest BCUT2D eigenvalue weighted by atomic mass is 32.1. The third kappa shape index (κ3) is 3.46. The smallest absolute Gasteiger partial charge is 0.170 e. The lowest BCUT2D eigenvalue weighted by Crippen LogP contribution is -2.30. The molecule has 0 atom stereocenters. The van der Waals surface area contributed by atoms with Gasteiger partial charge in [-0.15, -0.1) is 0 Å². The van der Waals surface area contributed by atoms with Gasteiger partial charge < -0.3 is 15.6 Å². The predicted molar refractivity (Wildman–Crippen MR) is 97.4 cm³/mol. The van der Waals surface area contributed by atoms with Crippen LogP contribution in [0.25, 0.3) is 10.9 Å². The first-order valence-electron chi connectivity index (χ1n) is 7.39. The Bertz CT molecular complexity index is 792. The van der Waals surface area contributed by atoms with Crippen molar-refractivity contribution in [3.8, 4) is 0 Å². The average molecular weight is 309 g/mol. The number of para-hydroxylation sites is 1. The van der Waals surface area contributed by atoms with E-state index in [2.05, 4.69) is 52.9 Å². The van der Waals surface area contributed by atoms with Gasteiger partial charge >= 0.3 is 0 Å². The Kier molecular flexibility index (Phi) is 4.39. The molecule has 0 amide bonds. The van der Waals surface area contributed by atoms with Crippen molar-refractivity contribution in [1.82, 2.24) is 10.3 Å². The van der Waals surface area contributed by atoms with E-state index in [1.165, 1.54) is 22.0 Å². The number of benzene rings is 2. The average Bonchev–Trinajstić information content (AvgIpc) is 2.97. The summed E-state index contributed by atoms with van der Waals surface area (Å²) in [6.45, 7) is 2.88. The molecule has 0 radical (unpaired) electrons. The van der Waals surface area contributed by atoms with Crippen LogP contribution in [0.1, 0.15) is 11.1 Å². The van der Waals surface area contributed by atoms with Crippen LogP contribution in [-0.2, 0) is 6.42 Å². The fourth-order valence-electron chi connectivity index (χ4n) is 2.46. The molecule has 112 valence electrons. The summed E-state index contributed by atoms with van der Waals surface area (Å²) in [6.07, 6.45) is 2.91. The lowest BCUT2D eigenvalue weighted by molar-refractivity contribution is 0.874. The van der Waals surface area contributed by atoms with E-state index in [0.717, 1.165) is 18.7 Å². The number of rotatable bonds is 4. The van der Waals surface area contributed by atoms with Crippen molar-refractivity contribution < 1.29 is 0 Å². The number of anilines is 1. The molecule has 2 aromatic carbocycles. The van der Waals surface area contributed by atoms with Gasteiger partial charge in [0, 0.05) is 23.9 Å². The Hall–Kier alpha value is -2.33. The van der Waals surface area contributed by atoms with Crippen LogP contribution < -0.4 is 10.6 Å². The number of H-pyrrole nitrogens is 1. The van der Waals surface area contributed by atoms with Crippen molar-refractivity contribution in [3.05, 3.63) is 65.9 Å². The van der Waals surface area contributed by atoms with E-state index in [9.17, 15) is 0 Å². The number of hydrogen-bond acceptors (Lipinski definition) is 1. The lowest BCUT2D eigenvalue weighted by atomic mass is 10.1. The Balaban J connectivity index is 1.52. The minimum absolute atomic E-state index is 0.664. The molecule has 0 saturated heterocycles. The van der Waals surface area contributed by atoms with Crippen LogP contribution in [0.15, 0.2) is 54.7 Å². The number of fused-ring (bicyclic) bond motifs is 1. The molecule has 1 heterocycles. The molecular formula is C18H19N3S. The standard InChI is InChI=1S/C18H19N3S/c1-13-4-2-3-5-16(13)21-18(22)20-10-8-14-6-7-17-15(12-14)9-11-19-17/h2-7,9,11-12,19H,8,10H2,1H3,(H2,20,21,22). The number of nitrogens with one attached hydrogen (secondary N) is 3. The summed E-state index contributed by atoms with van der Waals surface area (Å²) >= 11 is 5.35. The lowest BCUT2D eigenvalue weighted by Gasteiger charge is -2.12. The third-order valence-electron chi connectivity index (χ3n) is 3.71. The summed E-state index contributed by atoms with van der Waals surface area (Å²) in [7, 11) is 0. The van der Waals surface area contributed by atoms with Gasteiger partial charge in [-0.05, 0) is 66.3 Å². The first kappa shape index (κ1) is 14.6. The normalized spacial score (nSPS) is 10.6. The summed E-state index contributed by atoms with van der Waals surface area (Å²) in [5.74, 6) is 0. The van der Waals surface area contributed by atoms with Crippen molar-refractivity contribution >= 4 is 33.9 Å². The minimum atomic E-state index is 0.664. The van der Waals surface area contributed by atoms with Crippen molar-refractivity contribution in [1.29, 1.82) is 0 Å². The Morgan fingerprint density at radius 1 is 1.14 bits per heavy atom. The van der Waals surface area contributed by atoms with E-state index in [1.54, 1.807) is 0 Å². The van der Waals surface area contributed by atoms with Crippen molar-refractivity contribution in [2.24, 2.45) is 0 Å². The Morgan fingerprint density at radius 2 is 2.00 bits per heavy atom. The number of hydrogen-bond donors (Lipinski definition) is 3. The molecule has 22 heavy (non-hydrogen) atoms.